The molecule has 140 valence electrons. The number of rotatable bonds is 7. The summed E-state index contributed by atoms with van der Waals surface area (Å²) in [6, 6.07) is 18.1. The van der Waals surface area contributed by atoms with Crippen LogP contribution >= 0.6 is 11.3 Å². The van der Waals surface area contributed by atoms with E-state index in [2.05, 4.69) is 4.72 Å². The molecule has 3 rings (SSSR count). The molecule has 1 heterocycles. The third-order valence-corrected chi connectivity index (χ3v) is 6.27. The van der Waals surface area contributed by atoms with E-state index in [1.54, 1.807) is 29.6 Å². The van der Waals surface area contributed by atoms with Crippen LogP contribution in [0.1, 0.15) is 22.0 Å². The average molecular weight is 402 g/mol. The van der Waals surface area contributed by atoms with Gasteiger partial charge in [0.25, 0.3) is 0 Å². The third-order valence-electron chi connectivity index (χ3n) is 3.89. The van der Waals surface area contributed by atoms with Crippen LogP contribution in [0, 0.1) is 6.92 Å². The number of nitrogens with one attached hydrogen (secondary N) is 1. The number of thiophene rings is 1. The maximum atomic E-state index is 12.7. The van der Waals surface area contributed by atoms with Gasteiger partial charge in [0.2, 0.25) is 10.0 Å². The Hall–Kier alpha value is -2.48. The number of carbonyl (C=O) groups is 1. The number of ether oxygens (including phenoxy) is 1. The Kier molecular flexibility index (Phi) is 6.05. The molecule has 0 saturated heterocycles. The molecule has 5 nitrogen and oxygen atoms in total. The van der Waals surface area contributed by atoms with Gasteiger partial charge in [0.05, 0.1) is 4.90 Å². The monoisotopic (exact) mass is 401 g/mol. The van der Waals surface area contributed by atoms with Crippen LogP contribution in [-0.4, -0.2) is 14.4 Å². The quantitative estimate of drug-likeness (QED) is 0.611. The largest absolute Gasteiger partial charge is 0.459 e. The summed E-state index contributed by atoms with van der Waals surface area (Å²) in [7, 11) is -3.87. The van der Waals surface area contributed by atoms with Gasteiger partial charge in [-0.05, 0) is 36.1 Å². The second-order valence-corrected chi connectivity index (χ2v) is 8.67. The second kappa shape index (κ2) is 8.47. The first-order chi connectivity index (χ1) is 13.0. The van der Waals surface area contributed by atoms with E-state index in [4.69, 9.17) is 4.74 Å². The Morgan fingerprint density at radius 1 is 1.04 bits per heavy atom. The van der Waals surface area contributed by atoms with Crippen molar-refractivity contribution < 1.29 is 17.9 Å². The van der Waals surface area contributed by atoms with Gasteiger partial charge in [-0.2, -0.15) is 4.72 Å². The van der Waals surface area contributed by atoms with Crippen molar-refractivity contribution in [3.63, 3.8) is 0 Å². The lowest BCUT2D eigenvalue weighted by atomic mass is 10.2. The van der Waals surface area contributed by atoms with Crippen molar-refractivity contribution >= 4 is 27.3 Å². The molecule has 0 amide bonds. The molecule has 0 bridgehead atoms. The lowest BCUT2D eigenvalue weighted by molar-refractivity contribution is -0.147. The molecule has 0 radical (unpaired) electrons. The number of benzene rings is 2. The van der Waals surface area contributed by atoms with Gasteiger partial charge in [0, 0.05) is 4.88 Å². The minimum atomic E-state index is -3.87. The molecule has 2 aromatic carbocycles. The van der Waals surface area contributed by atoms with Crippen LogP contribution in [-0.2, 0) is 26.2 Å². The molecule has 0 spiro atoms. The van der Waals surface area contributed by atoms with Gasteiger partial charge in [0.1, 0.15) is 6.61 Å². The molecule has 0 unspecified atom stereocenters. The first-order valence-electron chi connectivity index (χ1n) is 8.29. The highest BCUT2D eigenvalue weighted by Crippen LogP contribution is 2.23. The summed E-state index contributed by atoms with van der Waals surface area (Å²) in [6.45, 7) is 1.95. The second-order valence-electron chi connectivity index (χ2n) is 5.98. The normalized spacial score (nSPS) is 12.5. The van der Waals surface area contributed by atoms with E-state index < -0.39 is 22.0 Å². The smallest absolute Gasteiger partial charge is 0.329 e. The average Bonchev–Trinajstić information content (AvgIpc) is 3.20. The molecule has 3 aromatic rings. The summed E-state index contributed by atoms with van der Waals surface area (Å²) >= 11 is 1.29. The van der Waals surface area contributed by atoms with Crippen LogP contribution in [0.2, 0.25) is 0 Å². The summed E-state index contributed by atoms with van der Waals surface area (Å²) < 4.78 is 33.3. The molecule has 0 saturated carbocycles. The Labute approximate surface area is 162 Å². The van der Waals surface area contributed by atoms with Crippen molar-refractivity contribution in [1.29, 1.82) is 0 Å². The van der Waals surface area contributed by atoms with E-state index in [9.17, 15) is 13.2 Å². The number of esters is 1. The summed E-state index contributed by atoms with van der Waals surface area (Å²) in [4.78, 5) is 13.3. The van der Waals surface area contributed by atoms with Gasteiger partial charge < -0.3 is 4.74 Å². The number of sulfonamides is 1. The Bertz CT molecular complexity index is 982. The molecule has 0 aliphatic heterocycles. The number of aryl methyl sites for hydroxylation is 1. The van der Waals surface area contributed by atoms with E-state index in [0.717, 1.165) is 11.1 Å². The van der Waals surface area contributed by atoms with Crippen molar-refractivity contribution in [3.8, 4) is 0 Å². The van der Waals surface area contributed by atoms with Gasteiger partial charge in [-0.25, -0.2) is 13.2 Å². The number of hydrogen-bond donors (Lipinski definition) is 1. The topological polar surface area (TPSA) is 72.5 Å². The van der Waals surface area contributed by atoms with E-state index in [1.165, 1.54) is 23.5 Å². The fraction of sp³-hybridized carbons (Fsp3) is 0.150. The maximum absolute atomic E-state index is 12.7. The zero-order valence-corrected chi connectivity index (χ0v) is 16.3. The van der Waals surface area contributed by atoms with Crippen molar-refractivity contribution in [2.45, 2.75) is 24.5 Å². The van der Waals surface area contributed by atoms with Gasteiger partial charge in [-0.15, -0.1) is 11.3 Å². The molecule has 1 N–H and O–H groups in total. The van der Waals surface area contributed by atoms with Crippen molar-refractivity contribution in [3.05, 3.63) is 88.1 Å². The predicted molar refractivity (Wildman–Crippen MR) is 105 cm³/mol. The van der Waals surface area contributed by atoms with E-state index in [1.807, 2.05) is 37.3 Å². The standard InChI is InChI=1S/C20H19NO4S2/c1-15-9-11-17(12-10-15)27(23,24)21-19(18-8-5-13-26-18)20(22)25-14-16-6-3-2-4-7-16/h2-13,19,21H,14H2,1H3/t19-/m0/s1. The Morgan fingerprint density at radius 2 is 1.74 bits per heavy atom. The van der Waals surface area contributed by atoms with Crippen LogP contribution in [0.25, 0.3) is 0 Å². The van der Waals surface area contributed by atoms with Crippen molar-refractivity contribution in [2.24, 2.45) is 0 Å². The van der Waals surface area contributed by atoms with Gasteiger partial charge >= 0.3 is 5.97 Å². The zero-order chi connectivity index (χ0) is 19.3. The van der Waals surface area contributed by atoms with E-state index in [-0.39, 0.29) is 11.5 Å². The van der Waals surface area contributed by atoms with Crippen LogP contribution in [0.15, 0.2) is 77.0 Å². The minimum absolute atomic E-state index is 0.0772. The summed E-state index contributed by atoms with van der Waals surface area (Å²) in [5, 5.41) is 1.78. The molecule has 0 aliphatic carbocycles. The first-order valence-corrected chi connectivity index (χ1v) is 10.6. The maximum Gasteiger partial charge on any atom is 0.329 e. The molecule has 0 fully saturated rings. The number of carbonyl (C=O) groups excluding carboxylic acids is 1. The van der Waals surface area contributed by atoms with Crippen LogP contribution in [0.3, 0.4) is 0 Å². The molecular formula is C20H19NO4S2. The lowest BCUT2D eigenvalue weighted by Crippen LogP contribution is -2.34. The van der Waals surface area contributed by atoms with Gasteiger partial charge in [-0.3, -0.25) is 0 Å². The van der Waals surface area contributed by atoms with Crippen molar-refractivity contribution in [2.75, 3.05) is 0 Å². The lowest BCUT2D eigenvalue weighted by Gasteiger charge is -2.17. The predicted octanol–water partition coefficient (Wildman–Crippen LogP) is 3.82. The zero-order valence-electron chi connectivity index (χ0n) is 14.7. The van der Waals surface area contributed by atoms with E-state index in [0.29, 0.717) is 4.88 Å². The van der Waals surface area contributed by atoms with Crippen molar-refractivity contribution in [1.82, 2.24) is 4.72 Å². The number of hydrogen-bond acceptors (Lipinski definition) is 5. The van der Waals surface area contributed by atoms with Crippen LogP contribution < -0.4 is 4.72 Å². The molecule has 1 aromatic heterocycles. The van der Waals surface area contributed by atoms with Crippen LogP contribution in [0.5, 0.6) is 0 Å². The molecule has 7 heteroatoms. The fourth-order valence-electron chi connectivity index (χ4n) is 2.43. The minimum Gasteiger partial charge on any atom is -0.459 e. The molecule has 1 atom stereocenters. The van der Waals surface area contributed by atoms with Gasteiger partial charge in [-0.1, -0.05) is 54.1 Å². The summed E-state index contributed by atoms with van der Waals surface area (Å²) in [6.07, 6.45) is 0. The highest BCUT2D eigenvalue weighted by molar-refractivity contribution is 7.89. The summed E-state index contributed by atoms with van der Waals surface area (Å²) in [5.74, 6) is -0.642. The van der Waals surface area contributed by atoms with E-state index >= 15 is 0 Å². The van der Waals surface area contributed by atoms with Gasteiger partial charge in [0.15, 0.2) is 6.04 Å². The third kappa shape index (κ3) is 5.03. The van der Waals surface area contributed by atoms with Crippen LogP contribution in [0.4, 0.5) is 0 Å². The Balaban J connectivity index is 1.79. The summed E-state index contributed by atoms with van der Waals surface area (Å²) in [5.41, 5.74) is 1.78. The molecule has 0 aliphatic rings. The first kappa shape index (κ1) is 19.3. The fourth-order valence-corrected chi connectivity index (χ4v) is 4.43. The highest BCUT2D eigenvalue weighted by atomic mass is 32.2. The molecular weight excluding hydrogens is 382 g/mol. The highest BCUT2D eigenvalue weighted by Gasteiger charge is 2.29. The SMILES string of the molecule is Cc1ccc(S(=O)(=O)N[C@H](C(=O)OCc2ccccc2)c2cccs2)cc1. The Morgan fingerprint density at radius 3 is 2.37 bits per heavy atom. The molecule has 27 heavy (non-hydrogen) atoms.